The van der Waals surface area contributed by atoms with Gasteiger partial charge in [0.25, 0.3) is 5.91 Å². The number of anilines is 1. The summed E-state index contributed by atoms with van der Waals surface area (Å²) < 4.78 is 75.3. The Bertz CT molecular complexity index is 1120. The zero-order valence-electron chi connectivity index (χ0n) is 21.3. The maximum absolute atomic E-state index is 13.3. The van der Waals surface area contributed by atoms with E-state index in [1.165, 1.54) is 42.4 Å². The maximum atomic E-state index is 13.3. The molecule has 9 nitrogen and oxygen atoms in total. The third-order valence-electron chi connectivity index (χ3n) is 7.36. The van der Waals surface area contributed by atoms with E-state index in [9.17, 15) is 31.2 Å². The van der Waals surface area contributed by atoms with E-state index in [4.69, 9.17) is 9.47 Å². The van der Waals surface area contributed by atoms with Crippen molar-refractivity contribution in [1.29, 1.82) is 0 Å². The molecule has 1 aromatic rings. The zero-order chi connectivity index (χ0) is 27.5. The van der Waals surface area contributed by atoms with E-state index in [1.54, 1.807) is 7.05 Å². The van der Waals surface area contributed by atoms with Gasteiger partial charge in [0, 0.05) is 19.3 Å². The summed E-state index contributed by atoms with van der Waals surface area (Å²) in [5, 5.41) is 3.03. The second-order valence-electron chi connectivity index (χ2n) is 10.4. The highest BCUT2D eigenvalue weighted by Gasteiger charge is 2.40. The van der Waals surface area contributed by atoms with Crippen LogP contribution in [0.5, 0.6) is 5.75 Å². The number of halogens is 3. The number of nitrogens with one attached hydrogen (secondary N) is 2. The van der Waals surface area contributed by atoms with Gasteiger partial charge in [-0.05, 0) is 49.8 Å². The number of fused-ring (bicyclic) bond motifs is 2. The Morgan fingerprint density at radius 3 is 2.58 bits per heavy atom. The lowest BCUT2D eigenvalue weighted by molar-refractivity contribution is -0.134. The van der Waals surface area contributed by atoms with Gasteiger partial charge in [0.1, 0.15) is 18.5 Å². The monoisotopic (exact) mass is 561 g/mol. The summed E-state index contributed by atoms with van der Waals surface area (Å²) in [6.45, 7) is 0.776. The number of alkyl halides is 3. The Hall–Kier alpha value is -2.54. The number of benzene rings is 1. The standard InChI is InChI=1S/C25H34F3N3O6S/c1-31-20-9-8-18(12-23(32)29-13-16-5-3-2-4-6-16)37-22(20)14-36-21-10-7-17(11-19(21)24(31)33)30-38(34,35)15-25(26,27)28/h7,10-11,16,18,20,22,30H,2-6,8-9,12-15H2,1H3,(H,29,32)/t18-,20+,22-/m1/s1. The molecule has 1 saturated heterocycles. The molecule has 38 heavy (non-hydrogen) atoms. The largest absolute Gasteiger partial charge is 0.490 e. The van der Waals surface area contributed by atoms with Crippen molar-refractivity contribution in [2.24, 2.45) is 5.92 Å². The summed E-state index contributed by atoms with van der Waals surface area (Å²) in [6, 6.07) is 3.40. The molecule has 0 unspecified atom stereocenters. The van der Waals surface area contributed by atoms with Crippen molar-refractivity contribution in [2.45, 2.75) is 75.8 Å². The van der Waals surface area contributed by atoms with E-state index in [0.29, 0.717) is 25.3 Å². The number of hydrogen-bond acceptors (Lipinski definition) is 6. The van der Waals surface area contributed by atoms with Crippen LogP contribution in [0.15, 0.2) is 18.2 Å². The van der Waals surface area contributed by atoms with Gasteiger partial charge in [-0.15, -0.1) is 0 Å². The van der Waals surface area contributed by atoms with E-state index in [-0.39, 0.29) is 48.1 Å². The summed E-state index contributed by atoms with van der Waals surface area (Å²) in [6.07, 6.45) is 1.64. The molecule has 0 bridgehead atoms. The number of nitrogens with zero attached hydrogens (tertiary/aromatic N) is 1. The molecule has 3 atom stereocenters. The average Bonchev–Trinajstić information content (AvgIpc) is 2.84. The molecule has 3 aliphatic rings. The predicted octanol–water partition coefficient (Wildman–Crippen LogP) is 3.46. The summed E-state index contributed by atoms with van der Waals surface area (Å²) in [5.74, 6) is -1.87. The van der Waals surface area contributed by atoms with Crippen molar-refractivity contribution in [3.63, 3.8) is 0 Å². The maximum Gasteiger partial charge on any atom is 0.404 e. The van der Waals surface area contributed by atoms with Crippen LogP contribution >= 0.6 is 0 Å². The second-order valence-corrected chi connectivity index (χ2v) is 12.1. The molecule has 2 amide bonds. The van der Waals surface area contributed by atoms with E-state index < -0.39 is 34.0 Å². The van der Waals surface area contributed by atoms with Crippen LogP contribution in [0.25, 0.3) is 0 Å². The molecule has 0 radical (unpaired) electrons. The molecule has 2 heterocycles. The normalized spacial score (nSPS) is 24.9. The summed E-state index contributed by atoms with van der Waals surface area (Å²) in [7, 11) is -3.11. The van der Waals surface area contributed by atoms with Crippen molar-refractivity contribution in [3.8, 4) is 5.75 Å². The van der Waals surface area contributed by atoms with E-state index >= 15 is 0 Å². The molecule has 2 fully saturated rings. The fraction of sp³-hybridized carbons (Fsp3) is 0.680. The third-order valence-corrected chi connectivity index (χ3v) is 8.62. The van der Waals surface area contributed by atoms with E-state index in [2.05, 4.69) is 5.32 Å². The van der Waals surface area contributed by atoms with Crippen molar-refractivity contribution in [1.82, 2.24) is 10.2 Å². The topological polar surface area (TPSA) is 114 Å². The van der Waals surface area contributed by atoms with Crippen LogP contribution in [-0.4, -0.2) is 75.5 Å². The smallest absolute Gasteiger partial charge is 0.404 e. The fourth-order valence-corrected chi connectivity index (χ4v) is 6.44. The summed E-state index contributed by atoms with van der Waals surface area (Å²) >= 11 is 0. The van der Waals surface area contributed by atoms with Gasteiger partial charge >= 0.3 is 6.18 Å². The van der Waals surface area contributed by atoms with Crippen LogP contribution in [0.2, 0.25) is 0 Å². The molecule has 0 aromatic heterocycles. The predicted molar refractivity (Wildman–Crippen MR) is 133 cm³/mol. The van der Waals surface area contributed by atoms with Gasteiger partial charge in [0.2, 0.25) is 15.9 Å². The van der Waals surface area contributed by atoms with Crippen molar-refractivity contribution >= 4 is 27.5 Å². The van der Waals surface area contributed by atoms with Crippen LogP contribution in [0, 0.1) is 5.92 Å². The zero-order valence-corrected chi connectivity index (χ0v) is 22.1. The van der Waals surface area contributed by atoms with Gasteiger partial charge in [-0.2, -0.15) is 13.2 Å². The molecule has 1 aliphatic carbocycles. The lowest BCUT2D eigenvalue weighted by Gasteiger charge is -2.42. The van der Waals surface area contributed by atoms with Gasteiger partial charge in [0.05, 0.1) is 24.1 Å². The lowest BCUT2D eigenvalue weighted by atomic mass is 9.89. The Balaban J connectivity index is 1.38. The van der Waals surface area contributed by atoms with E-state index in [0.717, 1.165) is 12.8 Å². The van der Waals surface area contributed by atoms with Crippen molar-refractivity contribution in [3.05, 3.63) is 23.8 Å². The minimum atomic E-state index is -4.90. The fourth-order valence-electron chi connectivity index (χ4n) is 5.45. The number of likely N-dealkylation sites (N-methyl/N-ethyl adjacent to an activating group) is 1. The number of rotatable bonds is 7. The third kappa shape index (κ3) is 7.52. The first-order valence-electron chi connectivity index (χ1n) is 12.9. The molecule has 13 heteroatoms. The quantitative estimate of drug-likeness (QED) is 0.527. The van der Waals surface area contributed by atoms with Gasteiger partial charge in [-0.25, -0.2) is 8.42 Å². The Kier molecular flexibility index (Phi) is 8.75. The van der Waals surface area contributed by atoms with Crippen LogP contribution in [0.4, 0.5) is 18.9 Å². The first-order valence-corrected chi connectivity index (χ1v) is 14.6. The SMILES string of the molecule is CN1C(=O)c2cc(NS(=O)(=O)CC(F)(F)F)ccc2OC[C@H]2O[C@@H](CC(=O)NCC3CCCCC3)CC[C@@H]21. The molecular formula is C25H34F3N3O6S. The minimum absolute atomic E-state index is 0.0300. The number of hydrogen-bond donors (Lipinski definition) is 2. The summed E-state index contributed by atoms with van der Waals surface area (Å²) in [5.41, 5.74) is -0.142. The molecule has 1 saturated carbocycles. The van der Waals surface area contributed by atoms with Gasteiger partial charge < -0.3 is 19.7 Å². The molecule has 1 aromatic carbocycles. The highest BCUT2D eigenvalue weighted by molar-refractivity contribution is 7.92. The second kappa shape index (κ2) is 11.7. The van der Waals surface area contributed by atoms with Crippen LogP contribution < -0.4 is 14.8 Å². The Morgan fingerprint density at radius 1 is 1.13 bits per heavy atom. The van der Waals surface area contributed by atoms with Gasteiger partial charge in [0.15, 0.2) is 5.75 Å². The average molecular weight is 562 g/mol. The van der Waals surface area contributed by atoms with Crippen LogP contribution in [0.1, 0.15) is 61.7 Å². The molecule has 212 valence electrons. The Morgan fingerprint density at radius 2 is 1.87 bits per heavy atom. The van der Waals surface area contributed by atoms with Crippen LogP contribution in [-0.2, 0) is 19.6 Å². The first-order chi connectivity index (χ1) is 17.9. The number of sulfonamides is 1. The summed E-state index contributed by atoms with van der Waals surface area (Å²) in [4.78, 5) is 27.3. The Labute approximate surface area is 220 Å². The van der Waals surface area contributed by atoms with Gasteiger partial charge in [-0.3, -0.25) is 14.3 Å². The number of ether oxygens (including phenoxy) is 2. The van der Waals surface area contributed by atoms with Crippen LogP contribution in [0.3, 0.4) is 0 Å². The highest BCUT2D eigenvalue weighted by Crippen LogP contribution is 2.33. The molecule has 0 spiro atoms. The van der Waals surface area contributed by atoms with Crippen molar-refractivity contribution < 1.29 is 40.7 Å². The lowest BCUT2D eigenvalue weighted by Crippen LogP contribution is -2.54. The van der Waals surface area contributed by atoms with Crippen molar-refractivity contribution in [2.75, 3.05) is 30.7 Å². The molecular weight excluding hydrogens is 527 g/mol. The molecule has 4 rings (SSSR count). The van der Waals surface area contributed by atoms with E-state index in [1.807, 2.05) is 4.72 Å². The number of amides is 2. The van der Waals surface area contributed by atoms with Gasteiger partial charge in [-0.1, -0.05) is 19.3 Å². The highest BCUT2D eigenvalue weighted by atomic mass is 32.2. The minimum Gasteiger partial charge on any atom is -0.490 e. The first kappa shape index (κ1) is 28.5. The molecule has 2 aliphatic heterocycles. The molecule has 2 N–H and O–H groups in total. The number of carbonyl (C=O) groups is 2. The number of carbonyl (C=O) groups excluding carboxylic acids is 2.